The zero-order valence-electron chi connectivity index (χ0n) is 7.41. The van der Waals surface area contributed by atoms with Crippen LogP contribution in [0.5, 0.6) is 0 Å². The number of hydrogen-bond donors (Lipinski definition) is 0. The minimum absolute atomic E-state index is 0.00944. The molecule has 72 valence electrons. The van der Waals surface area contributed by atoms with Crippen LogP contribution in [0.4, 0.5) is 8.78 Å². The summed E-state index contributed by atoms with van der Waals surface area (Å²) in [7, 11) is 0. The van der Waals surface area contributed by atoms with E-state index < -0.39 is 6.61 Å². The summed E-state index contributed by atoms with van der Waals surface area (Å²) in [5, 5.41) is 0. The molecule has 1 aromatic rings. The van der Waals surface area contributed by atoms with E-state index in [2.05, 4.69) is 4.74 Å². The summed E-state index contributed by atoms with van der Waals surface area (Å²) in [4.78, 5) is 0. The van der Waals surface area contributed by atoms with Crippen LogP contribution in [-0.2, 0) is 4.74 Å². The monoisotopic (exact) mass is 186 g/mol. The Morgan fingerprint density at radius 3 is 2.38 bits per heavy atom. The van der Waals surface area contributed by atoms with Gasteiger partial charge in [-0.3, -0.25) is 0 Å². The highest BCUT2D eigenvalue weighted by molar-refractivity contribution is 5.18. The molecule has 0 aromatic heterocycles. The van der Waals surface area contributed by atoms with E-state index in [1.165, 1.54) is 0 Å². The molecular weight excluding hydrogens is 174 g/mol. The Hall–Kier alpha value is -0.960. The van der Waals surface area contributed by atoms with Gasteiger partial charge in [-0.2, -0.15) is 8.78 Å². The van der Waals surface area contributed by atoms with Crippen LogP contribution >= 0.6 is 0 Å². The molecule has 0 fully saturated rings. The van der Waals surface area contributed by atoms with Gasteiger partial charge in [-0.25, -0.2) is 0 Å². The third kappa shape index (κ3) is 3.51. The summed E-state index contributed by atoms with van der Waals surface area (Å²) in [6.07, 6.45) is 0. The van der Waals surface area contributed by atoms with Gasteiger partial charge in [0.1, 0.15) is 0 Å². The van der Waals surface area contributed by atoms with E-state index in [-0.39, 0.29) is 12.5 Å². The molecule has 13 heavy (non-hydrogen) atoms. The van der Waals surface area contributed by atoms with Gasteiger partial charge in [-0.15, -0.1) is 0 Å². The number of ether oxygens (including phenoxy) is 1. The Labute approximate surface area is 76.3 Å². The van der Waals surface area contributed by atoms with E-state index >= 15 is 0 Å². The van der Waals surface area contributed by atoms with E-state index in [1.807, 2.05) is 37.3 Å². The molecule has 0 N–H and O–H groups in total. The molecule has 0 aliphatic carbocycles. The smallest absolute Gasteiger partial charge is 0.322 e. The second-order valence-electron chi connectivity index (χ2n) is 2.91. The average molecular weight is 186 g/mol. The maximum absolute atomic E-state index is 11.7. The highest BCUT2D eigenvalue weighted by Crippen LogP contribution is 2.15. The SMILES string of the molecule is CC(COC(F)F)c1ccccc1. The van der Waals surface area contributed by atoms with Crippen molar-refractivity contribution in [2.24, 2.45) is 0 Å². The third-order valence-corrected chi connectivity index (χ3v) is 1.84. The van der Waals surface area contributed by atoms with Gasteiger partial charge in [0.05, 0.1) is 6.61 Å². The van der Waals surface area contributed by atoms with Crippen LogP contribution in [-0.4, -0.2) is 13.2 Å². The van der Waals surface area contributed by atoms with Gasteiger partial charge in [-0.1, -0.05) is 37.3 Å². The first-order valence-electron chi connectivity index (χ1n) is 4.15. The molecule has 0 saturated heterocycles. The standard InChI is InChI=1S/C10H12F2O/c1-8(7-13-10(11)12)9-5-3-2-4-6-9/h2-6,8,10H,7H2,1H3. The summed E-state index contributed by atoms with van der Waals surface area (Å²) in [6, 6.07) is 9.46. The van der Waals surface area contributed by atoms with Gasteiger partial charge in [0.25, 0.3) is 0 Å². The Morgan fingerprint density at radius 2 is 1.85 bits per heavy atom. The summed E-state index contributed by atoms with van der Waals surface area (Å²) in [5.41, 5.74) is 1.02. The van der Waals surface area contributed by atoms with Crippen LogP contribution in [0.2, 0.25) is 0 Å². The number of alkyl halides is 2. The lowest BCUT2D eigenvalue weighted by Gasteiger charge is -2.11. The predicted molar refractivity (Wildman–Crippen MR) is 46.8 cm³/mol. The van der Waals surface area contributed by atoms with Gasteiger partial charge < -0.3 is 4.74 Å². The molecule has 1 rings (SSSR count). The van der Waals surface area contributed by atoms with Gasteiger partial charge in [0, 0.05) is 5.92 Å². The summed E-state index contributed by atoms with van der Waals surface area (Å²) in [6.45, 7) is -0.759. The van der Waals surface area contributed by atoms with Crippen molar-refractivity contribution in [3.8, 4) is 0 Å². The van der Waals surface area contributed by atoms with Crippen molar-refractivity contribution in [3.05, 3.63) is 35.9 Å². The summed E-state index contributed by atoms with van der Waals surface area (Å²) < 4.78 is 27.6. The van der Waals surface area contributed by atoms with Crippen molar-refractivity contribution < 1.29 is 13.5 Å². The first-order chi connectivity index (χ1) is 6.20. The lowest BCUT2D eigenvalue weighted by atomic mass is 10.0. The maximum Gasteiger partial charge on any atom is 0.345 e. The summed E-state index contributed by atoms with van der Waals surface area (Å²) in [5.74, 6) is 0.00944. The molecule has 0 aliphatic heterocycles. The quantitative estimate of drug-likeness (QED) is 0.702. The van der Waals surface area contributed by atoms with E-state index in [1.54, 1.807) is 0 Å². The molecular formula is C10H12F2O. The van der Waals surface area contributed by atoms with Gasteiger partial charge in [0.15, 0.2) is 0 Å². The molecule has 0 aliphatic rings. The van der Waals surface area contributed by atoms with E-state index in [0.29, 0.717) is 0 Å². The Kier molecular flexibility index (Phi) is 3.83. The molecule has 1 nitrogen and oxygen atoms in total. The fraction of sp³-hybridized carbons (Fsp3) is 0.400. The summed E-state index contributed by atoms with van der Waals surface area (Å²) >= 11 is 0. The molecule has 0 heterocycles. The number of rotatable bonds is 4. The Morgan fingerprint density at radius 1 is 1.23 bits per heavy atom. The van der Waals surface area contributed by atoms with Gasteiger partial charge in [0.2, 0.25) is 0 Å². The minimum atomic E-state index is -2.67. The zero-order valence-corrected chi connectivity index (χ0v) is 7.41. The highest BCUT2D eigenvalue weighted by Gasteiger charge is 2.08. The lowest BCUT2D eigenvalue weighted by Crippen LogP contribution is -2.07. The van der Waals surface area contributed by atoms with Crippen LogP contribution in [0.25, 0.3) is 0 Å². The molecule has 0 radical (unpaired) electrons. The molecule has 1 aromatic carbocycles. The number of benzene rings is 1. The topological polar surface area (TPSA) is 9.23 Å². The van der Waals surface area contributed by atoms with E-state index in [4.69, 9.17) is 0 Å². The molecule has 0 saturated carbocycles. The third-order valence-electron chi connectivity index (χ3n) is 1.84. The molecule has 1 atom stereocenters. The van der Waals surface area contributed by atoms with Crippen LogP contribution < -0.4 is 0 Å². The van der Waals surface area contributed by atoms with Crippen molar-refractivity contribution in [3.63, 3.8) is 0 Å². The first kappa shape index (κ1) is 10.1. The van der Waals surface area contributed by atoms with E-state index in [9.17, 15) is 8.78 Å². The van der Waals surface area contributed by atoms with Crippen molar-refractivity contribution in [1.29, 1.82) is 0 Å². The minimum Gasteiger partial charge on any atom is -0.322 e. The zero-order chi connectivity index (χ0) is 9.68. The highest BCUT2D eigenvalue weighted by atomic mass is 19.3. The number of halogens is 2. The first-order valence-corrected chi connectivity index (χ1v) is 4.15. The van der Waals surface area contributed by atoms with Crippen molar-refractivity contribution in [1.82, 2.24) is 0 Å². The van der Waals surface area contributed by atoms with Crippen LogP contribution in [0.3, 0.4) is 0 Å². The molecule has 0 amide bonds. The van der Waals surface area contributed by atoms with Crippen molar-refractivity contribution in [2.45, 2.75) is 19.5 Å². The second-order valence-corrected chi connectivity index (χ2v) is 2.91. The fourth-order valence-corrected chi connectivity index (χ4v) is 1.09. The average Bonchev–Trinajstić information content (AvgIpc) is 2.15. The molecule has 3 heteroatoms. The predicted octanol–water partition coefficient (Wildman–Crippen LogP) is 3.03. The fourth-order valence-electron chi connectivity index (χ4n) is 1.09. The Bertz CT molecular complexity index is 236. The molecule has 0 bridgehead atoms. The van der Waals surface area contributed by atoms with Crippen molar-refractivity contribution in [2.75, 3.05) is 6.61 Å². The Balaban J connectivity index is 2.44. The van der Waals surface area contributed by atoms with Crippen LogP contribution in [0.1, 0.15) is 18.4 Å². The normalized spacial score (nSPS) is 13.2. The second kappa shape index (κ2) is 4.92. The van der Waals surface area contributed by atoms with Gasteiger partial charge in [-0.05, 0) is 5.56 Å². The number of hydrogen-bond acceptors (Lipinski definition) is 1. The molecule has 1 unspecified atom stereocenters. The maximum atomic E-state index is 11.7. The van der Waals surface area contributed by atoms with Crippen molar-refractivity contribution >= 4 is 0 Å². The lowest BCUT2D eigenvalue weighted by molar-refractivity contribution is -0.131. The largest absolute Gasteiger partial charge is 0.345 e. The van der Waals surface area contributed by atoms with E-state index in [0.717, 1.165) is 5.56 Å². The van der Waals surface area contributed by atoms with Crippen LogP contribution in [0, 0.1) is 0 Å². The van der Waals surface area contributed by atoms with Gasteiger partial charge >= 0.3 is 6.61 Å². The molecule has 0 spiro atoms. The van der Waals surface area contributed by atoms with Crippen LogP contribution in [0.15, 0.2) is 30.3 Å².